The Kier molecular flexibility index (Phi) is 4.91. The lowest BCUT2D eigenvalue weighted by Crippen LogP contribution is -2.05. The third-order valence-electron chi connectivity index (χ3n) is 2.80. The van der Waals surface area contributed by atoms with Gasteiger partial charge in [0.25, 0.3) is 0 Å². The molecule has 0 aliphatic heterocycles. The fourth-order valence-electron chi connectivity index (χ4n) is 2.15. The molecule has 2 heteroatoms. The summed E-state index contributed by atoms with van der Waals surface area (Å²) in [4.78, 5) is 0. The number of hydrogen-bond donors (Lipinski definition) is 0. The minimum atomic E-state index is -0.499. The molecular weight excluding hydrogens is 206 g/mol. The average Bonchev–Trinajstić information content (AvgIpc) is 2.16. The maximum absolute atomic E-state index is 13.6. The second kappa shape index (κ2) is 5.97. The van der Waals surface area contributed by atoms with Crippen LogP contribution in [0.4, 0.5) is 8.78 Å². The van der Waals surface area contributed by atoms with Crippen LogP contribution in [-0.2, 0) is 0 Å². The van der Waals surface area contributed by atoms with Crippen LogP contribution in [0, 0.1) is 17.6 Å². The first-order valence-electron chi connectivity index (χ1n) is 5.99. The minimum Gasteiger partial charge on any atom is -0.207 e. The van der Waals surface area contributed by atoms with Crippen molar-refractivity contribution in [2.24, 2.45) is 5.92 Å². The number of rotatable bonds is 5. The summed E-state index contributed by atoms with van der Waals surface area (Å²) in [5, 5.41) is 0. The summed E-state index contributed by atoms with van der Waals surface area (Å²) in [6.07, 6.45) is 2.94. The number of halogens is 2. The number of hydrogen-bond acceptors (Lipinski definition) is 0. The Hall–Kier alpha value is -0.920. The molecule has 0 aromatic heterocycles. The molecule has 0 N–H and O–H groups in total. The van der Waals surface area contributed by atoms with E-state index in [0.717, 1.165) is 25.3 Å². The first-order valence-corrected chi connectivity index (χ1v) is 5.99. The quantitative estimate of drug-likeness (QED) is 0.670. The van der Waals surface area contributed by atoms with E-state index >= 15 is 0 Å². The van der Waals surface area contributed by atoms with Gasteiger partial charge >= 0.3 is 0 Å². The zero-order chi connectivity index (χ0) is 12.1. The van der Waals surface area contributed by atoms with Crippen LogP contribution in [-0.4, -0.2) is 0 Å². The smallest absolute Gasteiger partial charge is 0.129 e. The largest absolute Gasteiger partial charge is 0.207 e. The fraction of sp³-hybridized carbons (Fsp3) is 0.571. The van der Waals surface area contributed by atoms with Crippen LogP contribution in [0.3, 0.4) is 0 Å². The van der Waals surface area contributed by atoms with E-state index in [2.05, 4.69) is 20.8 Å². The van der Waals surface area contributed by atoms with Gasteiger partial charge in [0.05, 0.1) is 0 Å². The normalized spacial score (nSPS) is 13.1. The van der Waals surface area contributed by atoms with Gasteiger partial charge in [0.1, 0.15) is 11.6 Å². The molecule has 0 saturated heterocycles. The first kappa shape index (κ1) is 13.1. The van der Waals surface area contributed by atoms with Gasteiger partial charge in [-0.05, 0) is 36.3 Å². The van der Waals surface area contributed by atoms with Crippen LogP contribution >= 0.6 is 0 Å². The highest BCUT2D eigenvalue weighted by Crippen LogP contribution is 2.30. The van der Waals surface area contributed by atoms with Gasteiger partial charge in [-0.15, -0.1) is 0 Å². The lowest BCUT2D eigenvalue weighted by atomic mass is 9.87. The Morgan fingerprint density at radius 2 is 1.88 bits per heavy atom. The summed E-state index contributed by atoms with van der Waals surface area (Å²) in [7, 11) is 0. The monoisotopic (exact) mass is 226 g/mol. The van der Waals surface area contributed by atoms with Crippen LogP contribution in [0.25, 0.3) is 0 Å². The molecule has 0 heterocycles. The number of benzene rings is 1. The molecular formula is C14H20F2. The molecule has 1 rings (SSSR count). The van der Waals surface area contributed by atoms with Crippen molar-refractivity contribution in [2.45, 2.75) is 46.0 Å². The van der Waals surface area contributed by atoms with Gasteiger partial charge in [-0.3, -0.25) is 0 Å². The maximum atomic E-state index is 13.6. The van der Waals surface area contributed by atoms with Crippen molar-refractivity contribution in [3.05, 3.63) is 35.4 Å². The Bertz CT molecular complexity index is 332. The van der Waals surface area contributed by atoms with E-state index in [1.807, 2.05) is 0 Å². The van der Waals surface area contributed by atoms with E-state index in [1.165, 1.54) is 6.07 Å². The van der Waals surface area contributed by atoms with Crippen LogP contribution < -0.4 is 0 Å². The summed E-state index contributed by atoms with van der Waals surface area (Å²) < 4.78 is 26.5. The third-order valence-corrected chi connectivity index (χ3v) is 2.80. The van der Waals surface area contributed by atoms with Crippen LogP contribution in [0.1, 0.15) is 51.5 Å². The summed E-state index contributed by atoms with van der Waals surface area (Å²) >= 11 is 0. The summed E-state index contributed by atoms with van der Waals surface area (Å²) in [5.41, 5.74) is 0.664. The lowest BCUT2D eigenvalue weighted by molar-refractivity contribution is 0.453. The predicted molar refractivity (Wildman–Crippen MR) is 63.5 cm³/mol. The van der Waals surface area contributed by atoms with Crippen molar-refractivity contribution in [2.75, 3.05) is 0 Å². The predicted octanol–water partition coefficient (Wildman–Crippen LogP) is 4.89. The highest BCUT2D eigenvalue weighted by atomic mass is 19.1. The lowest BCUT2D eigenvalue weighted by Gasteiger charge is -2.19. The summed E-state index contributed by atoms with van der Waals surface area (Å²) in [5.74, 6) is -0.160. The maximum Gasteiger partial charge on any atom is 0.129 e. The molecule has 1 unspecified atom stereocenters. The van der Waals surface area contributed by atoms with Crippen molar-refractivity contribution in [1.82, 2.24) is 0 Å². The van der Waals surface area contributed by atoms with Crippen LogP contribution in [0.15, 0.2) is 18.2 Å². The second-order valence-electron chi connectivity index (χ2n) is 4.78. The molecule has 1 aromatic carbocycles. The molecule has 1 aromatic rings. The van der Waals surface area contributed by atoms with Crippen molar-refractivity contribution in [3.8, 4) is 0 Å². The molecule has 0 fully saturated rings. The van der Waals surface area contributed by atoms with Crippen molar-refractivity contribution in [3.63, 3.8) is 0 Å². The van der Waals surface area contributed by atoms with Crippen molar-refractivity contribution >= 4 is 0 Å². The standard InChI is InChI=1S/C14H20F2/c1-4-5-11(8-10(2)3)13-7-6-12(15)9-14(13)16/h6-7,9-11H,4-5,8H2,1-3H3. The highest BCUT2D eigenvalue weighted by Gasteiger charge is 2.16. The van der Waals surface area contributed by atoms with Gasteiger partial charge in [-0.2, -0.15) is 0 Å². The zero-order valence-electron chi connectivity index (χ0n) is 10.3. The van der Waals surface area contributed by atoms with E-state index in [0.29, 0.717) is 11.5 Å². The van der Waals surface area contributed by atoms with Crippen molar-refractivity contribution < 1.29 is 8.78 Å². The molecule has 0 amide bonds. The molecule has 0 radical (unpaired) electrons. The molecule has 90 valence electrons. The van der Waals surface area contributed by atoms with E-state index in [-0.39, 0.29) is 5.92 Å². The molecule has 0 saturated carbocycles. The fourth-order valence-corrected chi connectivity index (χ4v) is 2.15. The second-order valence-corrected chi connectivity index (χ2v) is 4.78. The highest BCUT2D eigenvalue weighted by molar-refractivity contribution is 5.22. The molecule has 0 bridgehead atoms. The minimum absolute atomic E-state index is 0.214. The Morgan fingerprint density at radius 1 is 1.19 bits per heavy atom. The SMILES string of the molecule is CCCC(CC(C)C)c1ccc(F)cc1F. The van der Waals surface area contributed by atoms with E-state index in [4.69, 9.17) is 0 Å². The van der Waals surface area contributed by atoms with Gasteiger partial charge in [0.15, 0.2) is 0 Å². The summed E-state index contributed by atoms with van der Waals surface area (Å²) in [6, 6.07) is 3.92. The molecule has 1 atom stereocenters. The Morgan fingerprint density at radius 3 is 2.38 bits per heavy atom. The molecule has 16 heavy (non-hydrogen) atoms. The van der Waals surface area contributed by atoms with E-state index in [1.54, 1.807) is 6.07 Å². The van der Waals surface area contributed by atoms with Gasteiger partial charge in [-0.1, -0.05) is 33.3 Å². The van der Waals surface area contributed by atoms with E-state index < -0.39 is 11.6 Å². The zero-order valence-corrected chi connectivity index (χ0v) is 10.3. The van der Waals surface area contributed by atoms with Gasteiger partial charge in [0.2, 0.25) is 0 Å². The molecule has 0 spiro atoms. The molecule has 0 aliphatic carbocycles. The summed E-state index contributed by atoms with van der Waals surface area (Å²) in [6.45, 7) is 6.35. The van der Waals surface area contributed by atoms with Gasteiger partial charge in [0, 0.05) is 6.07 Å². The topological polar surface area (TPSA) is 0 Å². The molecule has 0 nitrogen and oxygen atoms in total. The Balaban J connectivity index is 2.91. The first-order chi connectivity index (χ1) is 7.54. The van der Waals surface area contributed by atoms with Crippen molar-refractivity contribution in [1.29, 1.82) is 0 Å². The Labute approximate surface area is 96.7 Å². The van der Waals surface area contributed by atoms with Gasteiger partial charge in [-0.25, -0.2) is 8.78 Å². The third kappa shape index (κ3) is 3.58. The van der Waals surface area contributed by atoms with Gasteiger partial charge < -0.3 is 0 Å². The van der Waals surface area contributed by atoms with E-state index in [9.17, 15) is 8.78 Å². The van der Waals surface area contributed by atoms with Crippen LogP contribution in [0.5, 0.6) is 0 Å². The molecule has 0 aliphatic rings. The van der Waals surface area contributed by atoms with Crippen LogP contribution in [0.2, 0.25) is 0 Å². The average molecular weight is 226 g/mol.